The summed E-state index contributed by atoms with van der Waals surface area (Å²) in [6.45, 7) is 9.80. The number of rotatable bonds is 7. The van der Waals surface area contributed by atoms with E-state index in [-0.39, 0.29) is 5.41 Å². The highest BCUT2D eigenvalue weighted by Crippen LogP contribution is 2.20. The van der Waals surface area contributed by atoms with Crippen LogP contribution in [0.5, 0.6) is 6.01 Å². The third kappa shape index (κ3) is 4.35. The average molecular weight is 253 g/mol. The molecular weight excluding hydrogens is 230 g/mol. The van der Waals surface area contributed by atoms with E-state index in [1.165, 1.54) is 0 Å². The Labute approximate surface area is 109 Å². The molecule has 1 aromatic heterocycles. The van der Waals surface area contributed by atoms with E-state index >= 15 is 0 Å². The fourth-order valence-electron chi connectivity index (χ4n) is 1.18. The number of ether oxygens (including phenoxy) is 1. The lowest BCUT2D eigenvalue weighted by atomic mass is 9.90. The number of anilines is 2. The van der Waals surface area contributed by atoms with Crippen LogP contribution in [-0.4, -0.2) is 35.2 Å². The van der Waals surface area contributed by atoms with Crippen molar-refractivity contribution in [3.63, 3.8) is 0 Å². The highest BCUT2D eigenvalue weighted by Gasteiger charge is 2.16. The maximum absolute atomic E-state index is 5.31. The third-order valence-corrected chi connectivity index (χ3v) is 2.79. The van der Waals surface area contributed by atoms with Crippen molar-refractivity contribution in [2.45, 2.75) is 34.1 Å². The van der Waals surface area contributed by atoms with Gasteiger partial charge in [-0.05, 0) is 18.8 Å². The Bertz CT molecular complexity index is 381. The Kier molecular flexibility index (Phi) is 5.12. The van der Waals surface area contributed by atoms with Crippen molar-refractivity contribution in [2.75, 3.05) is 30.8 Å². The van der Waals surface area contributed by atoms with Gasteiger partial charge in [0.1, 0.15) is 0 Å². The zero-order chi connectivity index (χ0) is 13.6. The number of hydrogen-bond donors (Lipinski definition) is 2. The second-order valence-corrected chi connectivity index (χ2v) is 4.82. The van der Waals surface area contributed by atoms with Gasteiger partial charge in [-0.15, -0.1) is 0 Å². The Balaban J connectivity index is 2.78. The first-order chi connectivity index (χ1) is 8.50. The zero-order valence-electron chi connectivity index (χ0n) is 11.9. The summed E-state index contributed by atoms with van der Waals surface area (Å²) in [5.41, 5.74) is 0.207. The molecule has 0 aliphatic carbocycles. The summed E-state index contributed by atoms with van der Waals surface area (Å²) in [5.74, 6) is 1.05. The standard InChI is InChI=1S/C12H23N5O/c1-6-12(3,4)8-14-10-15-9(13-5)16-11(17-10)18-7-2/h6-8H2,1-5H3,(H2,13,14,15,16,17). The van der Waals surface area contributed by atoms with E-state index in [2.05, 4.69) is 46.4 Å². The normalized spacial score (nSPS) is 11.2. The van der Waals surface area contributed by atoms with Crippen LogP contribution in [0.3, 0.4) is 0 Å². The smallest absolute Gasteiger partial charge is 0.323 e. The van der Waals surface area contributed by atoms with Crippen LogP contribution in [0.2, 0.25) is 0 Å². The summed E-state index contributed by atoms with van der Waals surface area (Å²) >= 11 is 0. The molecule has 0 saturated carbocycles. The van der Waals surface area contributed by atoms with Crippen molar-refractivity contribution in [1.29, 1.82) is 0 Å². The van der Waals surface area contributed by atoms with Crippen molar-refractivity contribution >= 4 is 11.9 Å². The van der Waals surface area contributed by atoms with Crippen molar-refractivity contribution in [3.05, 3.63) is 0 Å². The molecule has 18 heavy (non-hydrogen) atoms. The van der Waals surface area contributed by atoms with Gasteiger partial charge in [-0.2, -0.15) is 15.0 Å². The molecule has 0 aromatic carbocycles. The monoisotopic (exact) mass is 253 g/mol. The van der Waals surface area contributed by atoms with E-state index < -0.39 is 0 Å². The first kappa shape index (κ1) is 14.5. The van der Waals surface area contributed by atoms with Crippen molar-refractivity contribution in [1.82, 2.24) is 15.0 Å². The lowest BCUT2D eigenvalue weighted by Crippen LogP contribution is -2.23. The van der Waals surface area contributed by atoms with E-state index in [1.807, 2.05) is 6.92 Å². The number of aromatic nitrogens is 3. The van der Waals surface area contributed by atoms with Crippen LogP contribution >= 0.6 is 0 Å². The van der Waals surface area contributed by atoms with Crippen LogP contribution in [0, 0.1) is 5.41 Å². The molecule has 6 nitrogen and oxygen atoms in total. The molecule has 0 fully saturated rings. The first-order valence-electron chi connectivity index (χ1n) is 6.31. The lowest BCUT2D eigenvalue weighted by molar-refractivity contribution is 0.312. The van der Waals surface area contributed by atoms with E-state index in [9.17, 15) is 0 Å². The molecule has 0 bridgehead atoms. The van der Waals surface area contributed by atoms with Gasteiger partial charge in [-0.25, -0.2) is 0 Å². The fourth-order valence-corrected chi connectivity index (χ4v) is 1.18. The maximum Gasteiger partial charge on any atom is 0.323 e. The Morgan fingerprint density at radius 1 is 1.11 bits per heavy atom. The molecule has 0 spiro atoms. The number of nitrogens with zero attached hydrogens (tertiary/aromatic N) is 3. The summed E-state index contributed by atoms with van der Waals surface area (Å²) < 4.78 is 5.31. The minimum Gasteiger partial charge on any atom is -0.464 e. The molecule has 102 valence electrons. The van der Waals surface area contributed by atoms with Gasteiger partial charge in [0.15, 0.2) is 0 Å². The second kappa shape index (κ2) is 6.37. The summed E-state index contributed by atoms with van der Waals surface area (Å²) in [7, 11) is 1.77. The van der Waals surface area contributed by atoms with Gasteiger partial charge < -0.3 is 15.4 Å². The molecule has 0 aliphatic rings. The predicted octanol–water partition coefficient (Wildman–Crippen LogP) is 2.16. The van der Waals surface area contributed by atoms with Crippen molar-refractivity contribution in [2.24, 2.45) is 5.41 Å². The Morgan fingerprint density at radius 3 is 2.33 bits per heavy atom. The van der Waals surface area contributed by atoms with Gasteiger partial charge in [0.05, 0.1) is 6.61 Å². The molecule has 0 unspecified atom stereocenters. The highest BCUT2D eigenvalue weighted by molar-refractivity contribution is 5.35. The average Bonchev–Trinajstić information content (AvgIpc) is 2.37. The topological polar surface area (TPSA) is 72.0 Å². The number of nitrogens with one attached hydrogen (secondary N) is 2. The quantitative estimate of drug-likeness (QED) is 0.776. The van der Waals surface area contributed by atoms with Gasteiger partial charge in [-0.1, -0.05) is 20.8 Å². The van der Waals surface area contributed by atoms with E-state index in [1.54, 1.807) is 7.05 Å². The van der Waals surface area contributed by atoms with E-state index in [0.29, 0.717) is 24.5 Å². The van der Waals surface area contributed by atoms with E-state index in [4.69, 9.17) is 4.74 Å². The molecule has 0 saturated heterocycles. The third-order valence-electron chi connectivity index (χ3n) is 2.79. The fraction of sp³-hybridized carbons (Fsp3) is 0.750. The van der Waals surface area contributed by atoms with Crippen molar-refractivity contribution < 1.29 is 4.74 Å². The molecule has 1 heterocycles. The minimum atomic E-state index is 0.207. The van der Waals surface area contributed by atoms with Crippen molar-refractivity contribution in [3.8, 4) is 6.01 Å². The van der Waals surface area contributed by atoms with Crippen LogP contribution in [0.15, 0.2) is 0 Å². The van der Waals surface area contributed by atoms with Gasteiger partial charge >= 0.3 is 6.01 Å². The highest BCUT2D eigenvalue weighted by atomic mass is 16.5. The molecule has 1 rings (SSSR count). The largest absolute Gasteiger partial charge is 0.464 e. The van der Waals surface area contributed by atoms with Crippen LogP contribution in [0.4, 0.5) is 11.9 Å². The first-order valence-corrected chi connectivity index (χ1v) is 6.31. The molecule has 0 radical (unpaired) electrons. The molecule has 0 aliphatic heterocycles. The second-order valence-electron chi connectivity index (χ2n) is 4.82. The lowest BCUT2D eigenvalue weighted by Gasteiger charge is -2.22. The molecular formula is C12H23N5O. The minimum absolute atomic E-state index is 0.207. The molecule has 1 aromatic rings. The number of hydrogen-bond acceptors (Lipinski definition) is 6. The summed E-state index contributed by atoms with van der Waals surface area (Å²) in [4.78, 5) is 12.6. The zero-order valence-corrected chi connectivity index (χ0v) is 11.9. The van der Waals surface area contributed by atoms with Gasteiger partial charge in [-0.3, -0.25) is 0 Å². The molecule has 6 heteroatoms. The van der Waals surface area contributed by atoms with Crippen LogP contribution in [0.1, 0.15) is 34.1 Å². The summed E-state index contributed by atoms with van der Waals surface area (Å²) in [5, 5.41) is 6.12. The van der Waals surface area contributed by atoms with Crippen LogP contribution in [-0.2, 0) is 0 Å². The van der Waals surface area contributed by atoms with Gasteiger partial charge in [0.25, 0.3) is 0 Å². The van der Waals surface area contributed by atoms with E-state index in [0.717, 1.165) is 13.0 Å². The Morgan fingerprint density at radius 2 is 1.78 bits per heavy atom. The SMILES string of the molecule is CCOc1nc(NC)nc(NCC(C)(C)CC)n1. The molecule has 0 atom stereocenters. The van der Waals surface area contributed by atoms with Gasteiger partial charge in [0, 0.05) is 13.6 Å². The predicted molar refractivity (Wildman–Crippen MR) is 73.1 cm³/mol. The summed E-state index contributed by atoms with van der Waals surface area (Å²) in [6, 6.07) is 0.341. The Hall–Kier alpha value is -1.59. The summed E-state index contributed by atoms with van der Waals surface area (Å²) in [6.07, 6.45) is 1.09. The molecule has 2 N–H and O–H groups in total. The molecule has 0 amide bonds. The maximum atomic E-state index is 5.31. The van der Waals surface area contributed by atoms with Crippen LogP contribution in [0.25, 0.3) is 0 Å². The van der Waals surface area contributed by atoms with Crippen LogP contribution < -0.4 is 15.4 Å². The van der Waals surface area contributed by atoms with Gasteiger partial charge in [0.2, 0.25) is 11.9 Å².